The lowest BCUT2D eigenvalue weighted by Gasteiger charge is -2.10. The predicted molar refractivity (Wildman–Crippen MR) is 134 cm³/mol. The Balaban J connectivity index is 1.39. The number of fused-ring (bicyclic) bond motifs is 1. The summed E-state index contributed by atoms with van der Waals surface area (Å²) < 4.78 is 22.7. The van der Waals surface area contributed by atoms with Gasteiger partial charge in [-0.25, -0.2) is 9.37 Å². The highest BCUT2D eigenvalue weighted by molar-refractivity contribution is 5.84. The predicted octanol–water partition coefficient (Wildman–Crippen LogP) is 6.42. The van der Waals surface area contributed by atoms with Gasteiger partial charge in [-0.2, -0.15) is 0 Å². The molecule has 0 radical (unpaired) electrons. The quantitative estimate of drug-likeness (QED) is 0.291. The first-order valence-electron chi connectivity index (χ1n) is 11.7. The Morgan fingerprint density at radius 3 is 2.34 bits per heavy atom. The van der Waals surface area contributed by atoms with Crippen molar-refractivity contribution in [3.05, 3.63) is 96.6 Å². The largest absolute Gasteiger partial charge is 0.497 e. The van der Waals surface area contributed by atoms with Gasteiger partial charge < -0.3 is 9.30 Å². The lowest BCUT2D eigenvalue weighted by molar-refractivity contribution is 0.0886. The minimum atomic E-state index is -0.248. The van der Waals surface area contributed by atoms with Crippen molar-refractivity contribution < 1.29 is 13.9 Å². The summed E-state index contributed by atoms with van der Waals surface area (Å²) >= 11 is 0. The molecule has 1 saturated carbocycles. The van der Waals surface area contributed by atoms with Crippen molar-refractivity contribution in [2.24, 2.45) is 5.92 Å². The lowest BCUT2D eigenvalue weighted by atomic mass is 10.0. The molecule has 1 aliphatic carbocycles. The third-order valence-electron chi connectivity index (χ3n) is 6.55. The maximum Gasteiger partial charge on any atom is 0.233 e. The van der Waals surface area contributed by atoms with Gasteiger partial charge in [0.15, 0.2) is 0 Å². The molecule has 0 unspecified atom stereocenters. The van der Waals surface area contributed by atoms with Crippen LogP contribution >= 0.6 is 0 Å². The maximum absolute atomic E-state index is 13.3. The van der Waals surface area contributed by atoms with Crippen molar-refractivity contribution in [3.63, 3.8) is 0 Å². The Morgan fingerprint density at radius 1 is 0.971 bits per heavy atom. The molecular weight excluding hydrogens is 441 g/mol. The molecule has 0 amide bonds. The third kappa shape index (κ3) is 4.12. The van der Waals surface area contributed by atoms with E-state index in [2.05, 4.69) is 4.57 Å². The van der Waals surface area contributed by atoms with Gasteiger partial charge in [-0.15, -0.1) is 0 Å². The molecule has 0 N–H and O–H groups in total. The number of ether oxygens (including phenoxy) is 1. The van der Waals surface area contributed by atoms with Gasteiger partial charge in [0, 0.05) is 29.9 Å². The van der Waals surface area contributed by atoms with Crippen molar-refractivity contribution in [1.82, 2.24) is 14.1 Å². The van der Waals surface area contributed by atoms with Crippen LogP contribution in [0.2, 0.25) is 0 Å². The highest BCUT2D eigenvalue weighted by Crippen LogP contribution is 2.32. The summed E-state index contributed by atoms with van der Waals surface area (Å²) in [5, 5.41) is 0. The summed E-state index contributed by atoms with van der Waals surface area (Å²) in [6.07, 6.45) is 5.74. The van der Waals surface area contributed by atoms with Gasteiger partial charge in [0.25, 0.3) is 0 Å². The summed E-state index contributed by atoms with van der Waals surface area (Å²) in [6.45, 7) is 0.573. The third-order valence-corrected chi connectivity index (χ3v) is 6.55. The zero-order valence-electron chi connectivity index (χ0n) is 19.3. The van der Waals surface area contributed by atoms with E-state index in [4.69, 9.17) is 9.72 Å². The number of carbonyl (C=O) groups excluding carboxylic acids is 1. The second-order valence-electron chi connectivity index (χ2n) is 9.00. The van der Waals surface area contributed by atoms with Crippen molar-refractivity contribution >= 4 is 16.9 Å². The van der Waals surface area contributed by atoms with E-state index >= 15 is 0 Å². The topological polar surface area (TPSA) is 49.0 Å². The fraction of sp³-hybridized carbons (Fsp3) is 0.172. The average molecular weight is 466 g/mol. The Kier molecular flexibility index (Phi) is 5.21. The van der Waals surface area contributed by atoms with E-state index in [1.807, 2.05) is 60.9 Å². The fourth-order valence-electron chi connectivity index (χ4n) is 4.46. The molecule has 0 atom stereocenters. The van der Waals surface area contributed by atoms with Crippen LogP contribution in [0.15, 0.2) is 85.2 Å². The number of imidazole rings is 1. The maximum atomic E-state index is 13.3. The van der Waals surface area contributed by atoms with E-state index in [1.165, 1.54) is 12.1 Å². The molecule has 0 aliphatic heterocycles. The van der Waals surface area contributed by atoms with Gasteiger partial charge in [-0.3, -0.25) is 9.36 Å². The fourth-order valence-corrected chi connectivity index (χ4v) is 4.46. The average Bonchev–Trinajstić information content (AvgIpc) is 3.54. The summed E-state index contributed by atoms with van der Waals surface area (Å²) in [6, 6.07) is 22.5. The molecule has 5 aromatic rings. The van der Waals surface area contributed by atoms with E-state index < -0.39 is 0 Å². The second kappa shape index (κ2) is 8.55. The molecule has 2 heterocycles. The van der Waals surface area contributed by atoms with Crippen LogP contribution in [-0.2, 0) is 6.54 Å². The SMILES string of the molecule is COc1ccc2nc(-c3ccc(-c4ccc(F)cc4)cc3)n(Cc3ccn(C(=O)C4CC4)c3)c2c1. The Bertz CT molecular complexity index is 1530. The smallest absolute Gasteiger partial charge is 0.233 e. The minimum Gasteiger partial charge on any atom is -0.497 e. The first-order chi connectivity index (χ1) is 17.1. The summed E-state index contributed by atoms with van der Waals surface area (Å²) in [7, 11) is 1.65. The molecule has 0 bridgehead atoms. The van der Waals surface area contributed by atoms with Crippen LogP contribution in [0, 0.1) is 11.7 Å². The van der Waals surface area contributed by atoms with Crippen LogP contribution < -0.4 is 4.74 Å². The number of halogens is 1. The molecule has 0 spiro atoms. The zero-order chi connectivity index (χ0) is 23.9. The van der Waals surface area contributed by atoms with E-state index in [1.54, 1.807) is 23.8 Å². The molecule has 3 aromatic carbocycles. The number of nitrogens with zero attached hydrogens (tertiary/aromatic N) is 3. The summed E-state index contributed by atoms with van der Waals surface area (Å²) in [4.78, 5) is 17.4. The summed E-state index contributed by atoms with van der Waals surface area (Å²) in [5.74, 6) is 1.69. The molecule has 2 aromatic heterocycles. The van der Waals surface area contributed by atoms with Gasteiger partial charge in [-0.05, 0) is 59.9 Å². The van der Waals surface area contributed by atoms with E-state index in [9.17, 15) is 9.18 Å². The number of hydrogen-bond acceptors (Lipinski definition) is 3. The zero-order valence-corrected chi connectivity index (χ0v) is 19.3. The van der Waals surface area contributed by atoms with Crippen LogP contribution in [-0.4, -0.2) is 27.1 Å². The molecule has 1 fully saturated rings. The Morgan fingerprint density at radius 2 is 1.66 bits per heavy atom. The highest BCUT2D eigenvalue weighted by atomic mass is 19.1. The van der Waals surface area contributed by atoms with Crippen LogP contribution in [0.4, 0.5) is 4.39 Å². The first kappa shape index (κ1) is 21.4. The van der Waals surface area contributed by atoms with E-state index in [0.29, 0.717) is 6.54 Å². The van der Waals surface area contributed by atoms with Gasteiger partial charge in [0.05, 0.1) is 24.7 Å². The van der Waals surface area contributed by atoms with Crippen molar-refractivity contribution in [3.8, 4) is 28.3 Å². The van der Waals surface area contributed by atoms with Crippen molar-refractivity contribution in [2.75, 3.05) is 7.11 Å². The number of aromatic nitrogens is 3. The minimum absolute atomic E-state index is 0.170. The van der Waals surface area contributed by atoms with Gasteiger partial charge in [0.2, 0.25) is 5.91 Å². The Labute approximate surface area is 202 Å². The number of benzene rings is 3. The molecule has 1 aliphatic rings. The summed E-state index contributed by atoms with van der Waals surface area (Å²) in [5.41, 5.74) is 5.80. The molecule has 6 heteroatoms. The van der Waals surface area contributed by atoms with E-state index in [-0.39, 0.29) is 17.6 Å². The number of hydrogen-bond donors (Lipinski definition) is 0. The van der Waals surface area contributed by atoms with Crippen LogP contribution in [0.5, 0.6) is 5.75 Å². The first-order valence-corrected chi connectivity index (χ1v) is 11.7. The number of carbonyl (C=O) groups is 1. The van der Waals surface area contributed by atoms with Gasteiger partial charge >= 0.3 is 0 Å². The Hall–Kier alpha value is -4.19. The van der Waals surface area contributed by atoms with Crippen LogP contribution in [0.1, 0.15) is 23.2 Å². The van der Waals surface area contributed by atoms with Crippen molar-refractivity contribution in [1.29, 1.82) is 0 Å². The monoisotopic (exact) mass is 465 g/mol. The highest BCUT2D eigenvalue weighted by Gasteiger charge is 2.30. The standard InChI is InChI=1S/C29H24FN3O2/c1-35-25-12-13-26-27(16-25)33(18-19-14-15-32(17-19)29(34)23-6-7-23)28(31-26)22-4-2-20(3-5-22)21-8-10-24(30)11-9-21/h2-5,8-17,23H,6-7,18H2,1H3. The van der Waals surface area contributed by atoms with Gasteiger partial charge in [0.1, 0.15) is 17.4 Å². The molecule has 5 nitrogen and oxygen atoms in total. The van der Waals surface area contributed by atoms with Crippen molar-refractivity contribution in [2.45, 2.75) is 19.4 Å². The number of rotatable bonds is 6. The van der Waals surface area contributed by atoms with Gasteiger partial charge in [-0.1, -0.05) is 36.4 Å². The van der Waals surface area contributed by atoms with Crippen LogP contribution in [0.3, 0.4) is 0 Å². The normalized spacial score (nSPS) is 13.3. The molecule has 6 rings (SSSR count). The molecular formula is C29H24FN3O2. The van der Waals surface area contributed by atoms with E-state index in [0.717, 1.165) is 57.7 Å². The number of methoxy groups -OCH3 is 1. The lowest BCUT2D eigenvalue weighted by Crippen LogP contribution is -2.10. The molecule has 174 valence electrons. The second-order valence-corrected chi connectivity index (χ2v) is 9.00. The molecule has 0 saturated heterocycles. The van der Waals surface area contributed by atoms with Crippen LogP contribution in [0.25, 0.3) is 33.5 Å². The molecule has 35 heavy (non-hydrogen) atoms.